The lowest BCUT2D eigenvalue weighted by atomic mass is 9.38. The minimum absolute atomic E-state index is 0.0852. The van der Waals surface area contributed by atoms with Crippen molar-refractivity contribution >= 4 is 5.97 Å². The minimum atomic E-state index is -1.81. The second kappa shape index (κ2) is 20.8. The quantitative estimate of drug-likeness (QED) is 0.0764. The molecule has 0 radical (unpaired) electrons. The first kappa shape index (κ1) is 57.1. The Bertz CT molecular complexity index is 2040. The Morgan fingerprint density at radius 1 is 0.568 bits per heavy atom. The number of esters is 1. The number of carbonyl (C=O) groups excluding carboxylic acids is 1. The molecule has 74 heavy (non-hydrogen) atoms. The Kier molecular flexibility index (Phi) is 16.1. The van der Waals surface area contributed by atoms with E-state index >= 15 is 0 Å². The molecule has 27 unspecified atom stereocenters. The zero-order valence-corrected chi connectivity index (χ0v) is 44.1. The largest absolute Gasteiger partial charge is 0.432 e. The zero-order valence-electron chi connectivity index (χ0n) is 44.1. The van der Waals surface area contributed by atoms with E-state index in [-0.39, 0.29) is 39.6 Å². The van der Waals surface area contributed by atoms with Crippen LogP contribution in [-0.4, -0.2) is 209 Å². The van der Waals surface area contributed by atoms with Gasteiger partial charge in [0.05, 0.1) is 36.9 Å². The van der Waals surface area contributed by atoms with Crippen LogP contribution < -0.4 is 0 Å². The maximum atomic E-state index is 14.9. The van der Waals surface area contributed by atoms with Gasteiger partial charge in [-0.3, -0.25) is 4.79 Å². The summed E-state index contributed by atoms with van der Waals surface area (Å²) in [5, 5.41) is 128. The molecule has 0 aromatic heterocycles. The SMILES string of the molecule is CC1OC(OC2C(C)OC(OC3CCC4(C)C5CCC6=C(CCC7(C(=O)OC8OC(COC9OC(CO)C(O)C(O)C9O)C(O)C(O)C8O)CCC(C)(C)CC67)C5(C)CCC4C3(C)C)C(O)C2O)C(O)C(O)C1O. The van der Waals surface area contributed by atoms with Crippen LogP contribution in [0.5, 0.6) is 0 Å². The van der Waals surface area contributed by atoms with Crippen molar-refractivity contribution in [1.29, 1.82) is 0 Å². The average molecular weight is 1060 g/mol. The van der Waals surface area contributed by atoms with Crippen LogP contribution in [0, 0.1) is 44.8 Å². The van der Waals surface area contributed by atoms with Gasteiger partial charge in [0.15, 0.2) is 18.9 Å². The summed E-state index contributed by atoms with van der Waals surface area (Å²) in [6.45, 7) is 15.7. The smallest absolute Gasteiger partial charge is 0.315 e. The fourth-order valence-electron chi connectivity index (χ4n) is 16.0. The van der Waals surface area contributed by atoms with E-state index < -0.39 is 147 Å². The standard InChI is InChI=1S/C53H86O21/c1-22-32(55)35(58)40(63)46(68-22)73-43-23(2)69-45(42(65)38(43)61)72-31-13-15-52(8)29(50(31,5)6)12-14-51(7)25-11-16-53(18-17-49(3,4)19-26(53)24(25)9-10-30(51)52)48(66)74-47-41(64)37(60)34(57)28(71-47)21-67-44-39(62)36(59)33(56)27(20-54)70-44/h22-23,26-47,54-65H,9-21H2,1-8H3. The molecule has 4 saturated heterocycles. The molecule has 0 spiro atoms. The third-order valence-corrected chi connectivity index (χ3v) is 20.4. The number of allylic oxidation sites excluding steroid dienone is 2. The number of hydrogen-bond acceptors (Lipinski definition) is 21. The van der Waals surface area contributed by atoms with E-state index in [9.17, 15) is 66.1 Å². The van der Waals surface area contributed by atoms with Crippen molar-refractivity contribution < 1.29 is 104 Å². The molecule has 12 N–H and O–H groups in total. The summed E-state index contributed by atoms with van der Waals surface area (Å²) in [6.07, 6.45) is -21.1. The van der Waals surface area contributed by atoms with Gasteiger partial charge in [0.2, 0.25) is 6.29 Å². The molecule has 5 aliphatic carbocycles. The van der Waals surface area contributed by atoms with E-state index in [0.29, 0.717) is 31.6 Å². The zero-order chi connectivity index (χ0) is 53.9. The third-order valence-electron chi connectivity index (χ3n) is 20.4. The highest BCUT2D eigenvalue weighted by Gasteiger charge is 2.66. The summed E-state index contributed by atoms with van der Waals surface area (Å²) >= 11 is 0. The lowest BCUT2D eigenvalue weighted by molar-refractivity contribution is -0.362. The molecule has 4 heterocycles. The van der Waals surface area contributed by atoms with Gasteiger partial charge in [-0.05, 0) is 124 Å². The normalized spacial score (nSPS) is 53.2. The molecule has 0 aromatic carbocycles. The van der Waals surface area contributed by atoms with Gasteiger partial charge < -0.3 is 99.2 Å². The molecule has 424 valence electrons. The lowest BCUT2D eigenvalue weighted by Gasteiger charge is -2.67. The summed E-state index contributed by atoms with van der Waals surface area (Å²) in [6, 6.07) is 0. The van der Waals surface area contributed by atoms with E-state index in [4.69, 9.17) is 37.9 Å². The Morgan fingerprint density at radius 2 is 1.16 bits per heavy atom. The van der Waals surface area contributed by atoms with Gasteiger partial charge in [-0.2, -0.15) is 0 Å². The fraction of sp³-hybridized carbons (Fsp3) is 0.943. The number of carbonyl (C=O) groups is 1. The van der Waals surface area contributed by atoms with Crippen LogP contribution >= 0.6 is 0 Å². The van der Waals surface area contributed by atoms with Gasteiger partial charge in [0.1, 0.15) is 85.5 Å². The molecule has 7 fully saturated rings. The van der Waals surface area contributed by atoms with E-state index in [1.807, 2.05) is 0 Å². The molecule has 21 heteroatoms. The van der Waals surface area contributed by atoms with Crippen molar-refractivity contribution in [3.8, 4) is 0 Å². The molecule has 9 aliphatic rings. The molecule has 27 atom stereocenters. The summed E-state index contributed by atoms with van der Waals surface area (Å²) in [4.78, 5) is 14.9. The first-order valence-electron chi connectivity index (χ1n) is 27.2. The third kappa shape index (κ3) is 9.57. The number of rotatable bonds is 10. The average Bonchev–Trinajstić information content (AvgIpc) is 3.35. The second-order valence-electron chi connectivity index (χ2n) is 25.6. The molecule has 0 amide bonds. The van der Waals surface area contributed by atoms with Gasteiger partial charge in [0, 0.05) is 0 Å². The van der Waals surface area contributed by atoms with Crippen LogP contribution in [0.4, 0.5) is 0 Å². The van der Waals surface area contributed by atoms with Crippen molar-refractivity contribution in [2.24, 2.45) is 44.8 Å². The maximum absolute atomic E-state index is 14.9. The van der Waals surface area contributed by atoms with Crippen molar-refractivity contribution in [1.82, 2.24) is 0 Å². The van der Waals surface area contributed by atoms with Crippen LogP contribution in [0.1, 0.15) is 126 Å². The van der Waals surface area contributed by atoms with E-state index in [1.165, 1.54) is 18.1 Å². The number of ether oxygens (including phenoxy) is 8. The van der Waals surface area contributed by atoms with Crippen LogP contribution in [0.25, 0.3) is 0 Å². The van der Waals surface area contributed by atoms with Gasteiger partial charge in [-0.25, -0.2) is 0 Å². The van der Waals surface area contributed by atoms with Crippen molar-refractivity contribution in [2.45, 2.75) is 255 Å². The van der Waals surface area contributed by atoms with E-state index in [0.717, 1.165) is 44.9 Å². The highest BCUT2D eigenvalue weighted by Crippen LogP contribution is 2.72. The fourth-order valence-corrected chi connectivity index (χ4v) is 16.0. The maximum Gasteiger partial charge on any atom is 0.315 e. The highest BCUT2D eigenvalue weighted by atomic mass is 16.8. The number of fused-ring (bicyclic) bond motifs is 6. The monoisotopic (exact) mass is 1060 g/mol. The first-order chi connectivity index (χ1) is 34.6. The second-order valence-corrected chi connectivity index (χ2v) is 25.6. The van der Waals surface area contributed by atoms with Crippen LogP contribution in [0.2, 0.25) is 0 Å². The highest BCUT2D eigenvalue weighted by molar-refractivity contribution is 5.79. The molecular formula is C53H86O21. The lowest BCUT2D eigenvalue weighted by Crippen LogP contribution is -2.64. The van der Waals surface area contributed by atoms with Crippen molar-refractivity contribution in [3.63, 3.8) is 0 Å². The number of aliphatic hydroxyl groups excluding tert-OH is 12. The predicted molar refractivity (Wildman–Crippen MR) is 255 cm³/mol. The minimum Gasteiger partial charge on any atom is -0.432 e. The van der Waals surface area contributed by atoms with Crippen LogP contribution in [0.3, 0.4) is 0 Å². The van der Waals surface area contributed by atoms with Gasteiger partial charge in [-0.15, -0.1) is 0 Å². The molecular weight excluding hydrogens is 973 g/mol. The van der Waals surface area contributed by atoms with Gasteiger partial charge >= 0.3 is 5.97 Å². The number of hydrogen-bond donors (Lipinski definition) is 12. The summed E-state index contributed by atoms with van der Waals surface area (Å²) < 4.78 is 47.6. The molecule has 3 saturated carbocycles. The molecule has 4 aliphatic heterocycles. The molecule has 9 rings (SSSR count). The summed E-state index contributed by atoms with van der Waals surface area (Å²) in [5.41, 5.74) is 1.09. The molecule has 21 nitrogen and oxygen atoms in total. The Balaban J connectivity index is 0.883. The van der Waals surface area contributed by atoms with Crippen molar-refractivity contribution in [3.05, 3.63) is 11.1 Å². The van der Waals surface area contributed by atoms with E-state index in [2.05, 4.69) is 41.5 Å². The first-order valence-corrected chi connectivity index (χ1v) is 27.2. The number of aliphatic hydroxyl groups is 12. The van der Waals surface area contributed by atoms with Crippen LogP contribution in [0.15, 0.2) is 11.1 Å². The molecule has 0 aromatic rings. The van der Waals surface area contributed by atoms with Gasteiger partial charge in [0.25, 0.3) is 0 Å². The predicted octanol–water partition coefficient (Wildman–Crippen LogP) is -0.226. The van der Waals surface area contributed by atoms with Gasteiger partial charge in [-0.1, -0.05) is 52.7 Å². The van der Waals surface area contributed by atoms with E-state index in [1.54, 1.807) is 6.92 Å². The topological polar surface area (TPSA) is 334 Å². The summed E-state index contributed by atoms with van der Waals surface area (Å²) in [5.74, 6) is -0.144. The summed E-state index contributed by atoms with van der Waals surface area (Å²) in [7, 11) is 0. The Labute approximate surface area is 433 Å². The Morgan fingerprint density at radius 3 is 1.85 bits per heavy atom. The van der Waals surface area contributed by atoms with Crippen molar-refractivity contribution in [2.75, 3.05) is 13.2 Å². The Hall–Kier alpha value is -1.55. The van der Waals surface area contributed by atoms with Crippen LogP contribution in [-0.2, 0) is 42.7 Å². The molecule has 0 bridgehead atoms.